The Balaban J connectivity index is 2.38. The number of carbonyl (C=O) groups excluding carboxylic acids is 1. The van der Waals surface area contributed by atoms with Gasteiger partial charge < -0.3 is 21.1 Å². The summed E-state index contributed by atoms with van der Waals surface area (Å²) in [7, 11) is 0. The first-order valence-corrected chi connectivity index (χ1v) is 6.01. The largest absolute Gasteiger partial charge is 0.480 e. The van der Waals surface area contributed by atoms with Crippen molar-refractivity contribution in [3.8, 4) is 0 Å². The first-order chi connectivity index (χ1) is 8.50. The molecule has 1 fully saturated rings. The van der Waals surface area contributed by atoms with Crippen LogP contribution < -0.4 is 11.1 Å². The van der Waals surface area contributed by atoms with Gasteiger partial charge in [0.1, 0.15) is 6.54 Å². The van der Waals surface area contributed by atoms with E-state index in [9.17, 15) is 9.59 Å². The Morgan fingerprint density at radius 2 is 2.39 bits per heavy atom. The molecular weight excluding hydrogens is 236 g/mol. The van der Waals surface area contributed by atoms with Crippen LogP contribution in [0.4, 0.5) is 0 Å². The zero-order chi connectivity index (χ0) is 13.5. The van der Waals surface area contributed by atoms with Gasteiger partial charge in [0.25, 0.3) is 0 Å². The van der Waals surface area contributed by atoms with Crippen molar-refractivity contribution in [2.75, 3.05) is 26.2 Å². The summed E-state index contributed by atoms with van der Waals surface area (Å²) in [5, 5.41) is 11.8. The van der Waals surface area contributed by atoms with E-state index in [2.05, 4.69) is 10.3 Å². The van der Waals surface area contributed by atoms with E-state index in [0.717, 1.165) is 6.42 Å². The van der Waals surface area contributed by atoms with Crippen molar-refractivity contribution < 1.29 is 14.7 Å². The molecule has 1 rings (SSSR count). The Labute approximate surface area is 106 Å². The van der Waals surface area contributed by atoms with Crippen LogP contribution >= 0.6 is 0 Å². The molecule has 0 spiro atoms. The van der Waals surface area contributed by atoms with E-state index >= 15 is 0 Å². The normalized spacial score (nSPS) is 21.2. The van der Waals surface area contributed by atoms with Crippen LogP contribution in [0.15, 0.2) is 4.99 Å². The zero-order valence-corrected chi connectivity index (χ0v) is 10.6. The quantitative estimate of drug-likeness (QED) is 0.322. The third-order valence-corrected chi connectivity index (χ3v) is 2.72. The highest BCUT2D eigenvalue weighted by Gasteiger charge is 2.28. The van der Waals surface area contributed by atoms with Crippen molar-refractivity contribution in [1.29, 1.82) is 0 Å². The van der Waals surface area contributed by atoms with Crippen LogP contribution in [0.2, 0.25) is 0 Å². The molecule has 1 heterocycles. The number of nitrogens with one attached hydrogen (secondary N) is 1. The Bertz CT molecular complexity index is 339. The van der Waals surface area contributed by atoms with Crippen molar-refractivity contribution in [3.05, 3.63) is 0 Å². The van der Waals surface area contributed by atoms with Gasteiger partial charge in [-0.25, -0.2) is 0 Å². The number of carboxylic acids is 1. The summed E-state index contributed by atoms with van der Waals surface area (Å²) in [6.45, 7) is 3.16. The van der Waals surface area contributed by atoms with Gasteiger partial charge in [0.15, 0.2) is 0 Å². The molecule has 102 valence electrons. The number of aliphatic carboxylic acids is 1. The van der Waals surface area contributed by atoms with Crippen LogP contribution in [0.5, 0.6) is 0 Å². The molecule has 0 unspecified atom stereocenters. The summed E-state index contributed by atoms with van der Waals surface area (Å²) in [5.41, 5.74) is 5.41. The molecule has 0 aliphatic carbocycles. The van der Waals surface area contributed by atoms with Crippen LogP contribution in [-0.4, -0.2) is 59.9 Å². The number of hydrogen-bond donors (Lipinski definition) is 3. The Hall–Kier alpha value is -1.63. The van der Waals surface area contributed by atoms with Crippen LogP contribution in [0.25, 0.3) is 0 Å². The molecule has 7 heteroatoms. The highest BCUT2D eigenvalue weighted by atomic mass is 16.4. The average molecular weight is 256 g/mol. The fourth-order valence-corrected chi connectivity index (χ4v) is 1.89. The second kappa shape index (κ2) is 6.95. The van der Waals surface area contributed by atoms with Crippen LogP contribution in [0.1, 0.15) is 19.8 Å². The molecule has 1 amide bonds. The molecule has 1 aliphatic heterocycles. The van der Waals surface area contributed by atoms with Crippen molar-refractivity contribution in [2.45, 2.75) is 25.8 Å². The van der Waals surface area contributed by atoms with E-state index < -0.39 is 5.97 Å². The molecule has 18 heavy (non-hydrogen) atoms. The number of carboxylic acid groups (broad SMARTS) is 1. The number of rotatable bonds is 6. The molecule has 0 aromatic heterocycles. The van der Waals surface area contributed by atoms with Gasteiger partial charge in [0.2, 0.25) is 5.91 Å². The Morgan fingerprint density at radius 1 is 1.67 bits per heavy atom. The summed E-state index contributed by atoms with van der Waals surface area (Å²) in [4.78, 5) is 28.0. The number of amidine groups is 1. The number of amides is 1. The minimum Gasteiger partial charge on any atom is -0.480 e. The third-order valence-electron chi connectivity index (χ3n) is 2.72. The first-order valence-electron chi connectivity index (χ1n) is 6.01. The summed E-state index contributed by atoms with van der Waals surface area (Å²) in [6, 6.07) is -0.300. The topological polar surface area (TPSA) is 108 Å². The summed E-state index contributed by atoms with van der Waals surface area (Å²) >= 11 is 0. The Morgan fingerprint density at radius 3 is 3.00 bits per heavy atom. The molecule has 1 saturated heterocycles. The summed E-state index contributed by atoms with van der Waals surface area (Å²) < 4.78 is 0. The minimum atomic E-state index is -0.979. The van der Waals surface area contributed by atoms with Crippen molar-refractivity contribution in [3.63, 3.8) is 0 Å². The molecule has 7 nitrogen and oxygen atoms in total. The maximum atomic E-state index is 11.9. The lowest BCUT2D eigenvalue weighted by Crippen LogP contribution is -2.56. The molecule has 0 aromatic carbocycles. The molecule has 0 saturated carbocycles. The summed E-state index contributed by atoms with van der Waals surface area (Å²) in [5.74, 6) is -0.588. The zero-order valence-electron chi connectivity index (χ0n) is 10.6. The minimum absolute atomic E-state index is 0.142. The van der Waals surface area contributed by atoms with Gasteiger partial charge in [-0.3, -0.25) is 14.6 Å². The lowest BCUT2D eigenvalue weighted by atomic mass is 10.1. The van der Waals surface area contributed by atoms with Gasteiger partial charge in [0.05, 0.1) is 11.9 Å². The first kappa shape index (κ1) is 14.4. The number of piperazine rings is 1. The van der Waals surface area contributed by atoms with Crippen molar-refractivity contribution in [2.24, 2.45) is 10.7 Å². The number of aliphatic imine (C=N–C) groups is 1. The van der Waals surface area contributed by atoms with E-state index in [1.807, 2.05) is 0 Å². The summed E-state index contributed by atoms with van der Waals surface area (Å²) in [6.07, 6.45) is 1.39. The molecule has 4 N–H and O–H groups in total. The number of nitrogens with two attached hydrogens (primary N) is 1. The highest BCUT2D eigenvalue weighted by molar-refractivity contribution is 5.86. The van der Waals surface area contributed by atoms with Gasteiger partial charge >= 0.3 is 5.97 Å². The van der Waals surface area contributed by atoms with Gasteiger partial charge in [-0.05, 0) is 19.8 Å². The van der Waals surface area contributed by atoms with E-state index in [4.69, 9.17) is 10.8 Å². The molecule has 0 radical (unpaired) electrons. The fourth-order valence-electron chi connectivity index (χ4n) is 1.89. The molecule has 0 bridgehead atoms. The van der Waals surface area contributed by atoms with Crippen LogP contribution in [0, 0.1) is 0 Å². The molecule has 1 aliphatic rings. The van der Waals surface area contributed by atoms with E-state index in [1.54, 1.807) is 6.92 Å². The van der Waals surface area contributed by atoms with E-state index in [0.29, 0.717) is 31.9 Å². The van der Waals surface area contributed by atoms with Crippen molar-refractivity contribution >= 4 is 17.7 Å². The van der Waals surface area contributed by atoms with Gasteiger partial charge in [-0.1, -0.05) is 0 Å². The Kier molecular flexibility index (Phi) is 5.57. The molecule has 0 aromatic rings. The number of nitrogens with zero attached hydrogens (tertiary/aromatic N) is 2. The van der Waals surface area contributed by atoms with Gasteiger partial charge in [-0.2, -0.15) is 0 Å². The average Bonchev–Trinajstić information content (AvgIpc) is 2.28. The number of hydrogen-bond acceptors (Lipinski definition) is 4. The van der Waals surface area contributed by atoms with E-state index in [1.165, 1.54) is 4.90 Å². The standard InChI is InChI=1S/C11H20N4O3/c1-8(12)13-4-2-3-9-11(18)15(6-5-14-9)7-10(16)17/h9,14H,2-7H2,1H3,(H2,12,13)(H,16,17)/t9-/m0/s1. The van der Waals surface area contributed by atoms with Gasteiger partial charge in [-0.15, -0.1) is 0 Å². The molecular formula is C11H20N4O3. The lowest BCUT2D eigenvalue weighted by molar-refractivity contribution is -0.146. The fraction of sp³-hybridized carbons (Fsp3) is 0.727. The lowest BCUT2D eigenvalue weighted by Gasteiger charge is -2.32. The smallest absolute Gasteiger partial charge is 0.323 e. The highest BCUT2D eigenvalue weighted by Crippen LogP contribution is 2.07. The van der Waals surface area contributed by atoms with E-state index in [-0.39, 0.29) is 18.5 Å². The second-order valence-corrected chi connectivity index (χ2v) is 4.33. The van der Waals surface area contributed by atoms with Crippen LogP contribution in [0.3, 0.4) is 0 Å². The van der Waals surface area contributed by atoms with Crippen molar-refractivity contribution in [1.82, 2.24) is 10.2 Å². The number of carbonyl (C=O) groups is 2. The second-order valence-electron chi connectivity index (χ2n) is 4.33. The molecule has 1 atom stereocenters. The maximum Gasteiger partial charge on any atom is 0.323 e. The SMILES string of the molecule is CC(N)=NCCC[C@@H]1NCCN(CC(=O)O)C1=O. The maximum absolute atomic E-state index is 11.9. The van der Waals surface area contributed by atoms with Gasteiger partial charge in [0, 0.05) is 19.6 Å². The third kappa shape index (κ3) is 4.70. The predicted molar refractivity (Wildman–Crippen MR) is 67.4 cm³/mol. The predicted octanol–water partition coefficient (Wildman–Crippen LogP) is -0.971. The monoisotopic (exact) mass is 256 g/mol. The van der Waals surface area contributed by atoms with Crippen LogP contribution in [-0.2, 0) is 9.59 Å².